The average molecular weight is 264 g/mol. The number of H-pyrrole nitrogens is 1. The van der Waals surface area contributed by atoms with Crippen molar-refractivity contribution >= 4 is 11.9 Å². The minimum Gasteiger partial charge on any atom is -0.476 e. The molecule has 0 atom stereocenters. The first-order valence-corrected chi connectivity index (χ1v) is 5.42. The molecule has 9 nitrogen and oxygen atoms in total. The summed E-state index contributed by atoms with van der Waals surface area (Å²) < 4.78 is 1.18. The molecule has 0 unspecified atom stereocenters. The Balaban J connectivity index is 1.94. The van der Waals surface area contributed by atoms with Crippen LogP contribution in [0.15, 0.2) is 18.6 Å². The molecular formula is C10H12N6O3. The molecule has 19 heavy (non-hydrogen) atoms. The number of rotatable bonds is 5. The summed E-state index contributed by atoms with van der Waals surface area (Å²) in [5.74, 6) is -0.735. The molecule has 1 amide bonds. The molecule has 9 heteroatoms. The van der Waals surface area contributed by atoms with Crippen molar-refractivity contribution in [3.8, 4) is 0 Å². The predicted molar refractivity (Wildman–Crippen MR) is 62.0 cm³/mol. The molecule has 0 aliphatic heterocycles. The van der Waals surface area contributed by atoms with Crippen LogP contribution in [0.25, 0.3) is 0 Å². The summed E-state index contributed by atoms with van der Waals surface area (Å²) >= 11 is 0. The summed E-state index contributed by atoms with van der Waals surface area (Å²) in [5, 5.41) is 15.7. The molecule has 0 radical (unpaired) electrons. The van der Waals surface area contributed by atoms with Crippen molar-refractivity contribution < 1.29 is 14.7 Å². The van der Waals surface area contributed by atoms with Gasteiger partial charge in [0, 0.05) is 19.4 Å². The van der Waals surface area contributed by atoms with Gasteiger partial charge in [-0.25, -0.2) is 14.5 Å². The second kappa shape index (κ2) is 5.29. The molecule has 0 aliphatic rings. The van der Waals surface area contributed by atoms with Crippen LogP contribution in [0.3, 0.4) is 0 Å². The van der Waals surface area contributed by atoms with E-state index in [0.29, 0.717) is 12.4 Å². The van der Waals surface area contributed by atoms with E-state index in [0.717, 1.165) is 0 Å². The van der Waals surface area contributed by atoms with Crippen molar-refractivity contribution in [1.82, 2.24) is 29.9 Å². The highest BCUT2D eigenvalue weighted by Gasteiger charge is 2.14. The lowest BCUT2D eigenvalue weighted by atomic mass is 10.4. The normalized spacial score (nSPS) is 10.4. The average Bonchev–Trinajstić information content (AvgIpc) is 2.99. The van der Waals surface area contributed by atoms with E-state index in [4.69, 9.17) is 5.11 Å². The molecule has 2 aromatic heterocycles. The monoisotopic (exact) mass is 264 g/mol. The van der Waals surface area contributed by atoms with E-state index in [1.165, 1.54) is 15.8 Å². The smallest absolute Gasteiger partial charge is 0.358 e. The first-order valence-electron chi connectivity index (χ1n) is 5.42. The number of nitrogens with zero attached hydrogens (tertiary/aromatic N) is 5. The summed E-state index contributed by atoms with van der Waals surface area (Å²) in [7, 11) is 1.62. The molecule has 0 saturated carbocycles. The molecule has 0 aromatic carbocycles. The lowest BCUT2D eigenvalue weighted by Gasteiger charge is -2.15. The van der Waals surface area contributed by atoms with Crippen molar-refractivity contribution in [2.24, 2.45) is 0 Å². The Bertz CT molecular complexity index is 576. The molecule has 2 heterocycles. The van der Waals surface area contributed by atoms with Crippen LogP contribution in [-0.2, 0) is 17.9 Å². The fraction of sp³-hybridized carbons (Fsp3) is 0.300. The number of hydrogen-bond acceptors (Lipinski definition) is 5. The number of amides is 1. The van der Waals surface area contributed by atoms with E-state index < -0.39 is 5.97 Å². The van der Waals surface area contributed by atoms with E-state index in [9.17, 15) is 9.59 Å². The Hall–Kier alpha value is -2.71. The summed E-state index contributed by atoms with van der Waals surface area (Å²) in [6, 6.07) is 0. The van der Waals surface area contributed by atoms with Gasteiger partial charge in [0.05, 0.1) is 12.7 Å². The Morgan fingerprint density at radius 1 is 1.53 bits per heavy atom. The number of carbonyl (C=O) groups excluding carboxylic acids is 1. The zero-order valence-electron chi connectivity index (χ0n) is 10.1. The van der Waals surface area contributed by atoms with Crippen LogP contribution in [0.5, 0.6) is 0 Å². The highest BCUT2D eigenvalue weighted by Crippen LogP contribution is 1.99. The minimum atomic E-state index is -1.18. The number of carboxylic acid groups (broad SMARTS) is 1. The lowest BCUT2D eigenvalue weighted by Crippen LogP contribution is -2.30. The summed E-state index contributed by atoms with van der Waals surface area (Å²) in [6.45, 7) is 0.268. The maximum atomic E-state index is 11.9. The van der Waals surface area contributed by atoms with Crippen LogP contribution < -0.4 is 0 Å². The van der Waals surface area contributed by atoms with E-state index >= 15 is 0 Å². The Labute approximate surface area is 107 Å². The Morgan fingerprint density at radius 2 is 2.32 bits per heavy atom. The number of likely N-dealkylation sites (N-methyl/N-ethyl adjacent to an activating group) is 1. The maximum Gasteiger partial charge on any atom is 0.358 e. The molecule has 0 aliphatic carbocycles. The fourth-order valence-electron chi connectivity index (χ4n) is 1.43. The highest BCUT2D eigenvalue weighted by molar-refractivity contribution is 5.84. The number of carbonyl (C=O) groups is 2. The predicted octanol–water partition coefficient (Wildman–Crippen LogP) is -0.642. The fourth-order valence-corrected chi connectivity index (χ4v) is 1.43. The highest BCUT2D eigenvalue weighted by atomic mass is 16.4. The van der Waals surface area contributed by atoms with Crippen LogP contribution in [0, 0.1) is 0 Å². The van der Waals surface area contributed by atoms with Crippen LogP contribution in [0.2, 0.25) is 0 Å². The molecule has 0 fully saturated rings. The van der Waals surface area contributed by atoms with Crippen molar-refractivity contribution in [2.45, 2.75) is 13.1 Å². The van der Waals surface area contributed by atoms with Gasteiger partial charge in [-0.05, 0) is 0 Å². The molecule has 2 rings (SSSR count). The largest absolute Gasteiger partial charge is 0.476 e. The second-order valence-electron chi connectivity index (χ2n) is 3.89. The third-order valence-electron chi connectivity index (χ3n) is 2.42. The molecule has 0 saturated heterocycles. The molecule has 0 bridgehead atoms. The van der Waals surface area contributed by atoms with Crippen molar-refractivity contribution in [3.63, 3.8) is 0 Å². The second-order valence-corrected chi connectivity index (χ2v) is 3.89. The topological polar surface area (TPSA) is 117 Å². The van der Waals surface area contributed by atoms with Crippen LogP contribution in [-0.4, -0.2) is 53.9 Å². The van der Waals surface area contributed by atoms with E-state index in [1.807, 2.05) is 0 Å². The standard InChI is InChI=1S/C10H12N6O3/c1-15(5-8-11-2-3-12-8)9(17)6-16-4-7(10(18)19)13-14-16/h2-4H,5-6H2,1H3,(H,11,12)(H,18,19). The number of nitrogens with one attached hydrogen (secondary N) is 1. The van der Waals surface area contributed by atoms with Crippen molar-refractivity contribution in [2.75, 3.05) is 7.05 Å². The van der Waals surface area contributed by atoms with Gasteiger partial charge >= 0.3 is 5.97 Å². The number of carboxylic acids is 1. The van der Waals surface area contributed by atoms with E-state index in [2.05, 4.69) is 20.3 Å². The van der Waals surface area contributed by atoms with Gasteiger partial charge < -0.3 is 15.0 Å². The third kappa shape index (κ3) is 3.15. The number of aromatic nitrogens is 5. The van der Waals surface area contributed by atoms with Gasteiger partial charge in [-0.2, -0.15) is 0 Å². The van der Waals surface area contributed by atoms with Gasteiger partial charge in [0.25, 0.3) is 0 Å². The molecular weight excluding hydrogens is 252 g/mol. The first kappa shape index (κ1) is 12.7. The van der Waals surface area contributed by atoms with E-state index in [1.54, 1.807) is 19.4 Å². The minimum absolute atomic E-state index is 0.0719. The van der Waals surface area contributed by atoms with Gasteiger partial charge in [0.1, 0.15) is 12.4 Å². The van der Waals surface area contributed by atoms with Gasteiger partial charge in [0.15, 0.2) is 5.69 Å². The van der Waals surface area contributed by atoms with Crippen LogP contribution in [0.1, 0.15) is 16.3 Å². The van der Waals surface area contributed by atoms with Gasteiger partial charge in [-0.3, -0.25) is 4.79 Å². The van der Waals surface area contributed by atoms with Crippen LogP contribution >= 0.6 is 0 Å². The van der Waals surface area contributed by atoms with Crippen molar-refractivity contribution in [3.05, 3.63) is 30.1 Å². The molecule has 0 spiro atoms. The summed E-state index contributed by atoms with van der Waals surface area (Å²) in [6.07, 6.45) is 4.48. The number of aromatic carboxylic acids is 1. The Morgan fingerprint density at radius 3 is 2.89 bits per heavy atom. The van der Waals surface area contributed by atoms with Gasteiger partial charge in [-0.1, -0.05) is 5.21 Å². The van der Waals surface area contributed by atoms with Gasteiger partial charge in [-0.15, -0.1) is 5.10 Å². The number of aromatic amines is 1. The quantitative estimate of drug-likeness (QED) is 0.741. The van der Waals surface area contributed by atoms with Crippen LogP contribution in [0.4, 0.5) is 0 Å². The summed E-state index contributed by atoms with van der Waals surface area (Å²) in [5.41, 5.74) is -0.193. The first-order chi connectivity index (χ1) is 9.06. The zero-order chi connectivity index (χ0) is 13.8. The maximum absolute atomic E-state index is 11.9. The van der Waals surface area contributed by atoms with Crippen molar-refractivity contribution in [1.29, 1.82) is 0 Å². The molecule has 2 N–H and O–H groups in total. The van der Waals surface area contributed by atoms with Gasteiger partial charge in [0.2, 0.25) is 5.91 Å². The Kier molecular flexibility index (Phi) is 3.55. The third-order valence-corrected chi connectivity index (χ3v) is 2.42. The zero-order valence-corrected chi connectivity index (χ0v) is 10.1. The SMILES string of the molecule is CN(Cc1ncc[nH]1)C(=O)Cn1cc(C(=O)O)nn1. The number of hydrogen-bond donors (Lipinski definition) is 2. The summed E-state index contributed by atoms with van der Waals surface area (Å²) in [4.78, 5) is 30.8. The van der Waals surface area contributed by atoms with E-state index in [-0.39, 0.29) is 18.1 Å². The lowest BCUT2D eigenvalue weighted by molar-refractivity contribution is -0.131. The number of imidazole rings is 1. The molecule has 2 aromatic rings. The molecule has 100 valence electrons.